The average Bonchev–Trinajstić information content (AvgIpc) is 3.27. The van der Waals surface area contributed by atoms with Crippen LogP contribution in [-0.4, -0.2) is 23.8 Å². The maximum atomic E-state index is 13.2. The highest BCUT2D eigenvalue weighted by molar-refractivity contribution is 9.10. The number of nitrogens with zero attached hydrogens (tertiary/aromatic N) is 1. The van der Waals surface area contributed by atoms with E-state index in [1.54, 1.807) is 22.7 Å². The second kappa shape index (κ2) is 9.01. The number of hydrogen-bond donors (Lipinski definition) is 0. The first-order valence-electron chi connectivity index (χ1n) is 8.77. The lowest BCUT2D eigenvalue weighted by molar-refractivity contribution is -0.113. The van der Waals surface area contributed by atoms with Gasteiger partial charge in [-0.15, -0.1) is 22.7 Å². The summed E-state index contributed by atoms with van der Waals surface area (Å²) in [5.74, 6) is 0.151. The van der Waals surface area contributed by atoms with E-state index in [1.807, 2.05) is 29.0 Å². The molecule has 142 valence electrons. The molecule has 6 heteroatoms. The second-order valence-corrected chi connectivity index (χ2v) is 10.4. The number of carbonyl (C=O) groups is 1. The molecule has 3 heterocycles. The number of piperidine rings is 1. The zero-order chi connectivity index (χ0) is 19.5. The molecule has 28 heavy (non-hydrogen) atoms. The van der Waals surface area contributed by atoms with Crippen LogP contribution in [0, 0.1) is 0 Å². The number of hydrogen-bond acceptors (Lipinski definition) is 4. The van der Waals surface area contributed by atoms with Crippen molar-refractivity contribution in [2.75, 3.05) is 13.1 Å². The van der Waals surface area contributed by atoms with Gasteiger partial charge < -0.3 is 0 Å². The van der Waals surface area contributed by atoms with Gasteiger partial charge in [0.15, 0.2) is 5.78 Å². The fraction of sp³-hybridized carbons (Fsp3) is 0.136. The van der Waals surface area contributed by atoms with Gasteiger partial charge in [0.2, 0.25) is 0 Å². The predicted molar refractivity (Wildman–Crippen MR) is 127 cm³/mol. The van der Waals surface area contributed by atoms with Crippen molar-refractivity contribution in [3.05, 3.63) is 88.6 Å². The van der Waals surface area contributed by atoms with Gasteiger partial charge in [-0.2, -0.15) is 0 Å². The molecule has 1 aromatic carbocycles. The molecular weight excluding hydrogens is 518 g/mol. The van der Waals surface area contributed by atoms with Crippen LogP contribution < -0.4 is 0 Å². The van der Waals surface area contributed by atoms with Gasteiger partial charge in [0.1, 0.15) is 0 Å². The van der Waals surface area contributed by atoms with E-state index in [9.17, 15) is 4.79 Å². The van der Waals surface area contributed by atoms with Crippen LogP contribution in [0.1, 0.15) is 15.3 Å². The quantitative estimate of drug-likeness (QED) is 0.340. The maximum Gasteiger partial charge on any atom is 0.187 e. The SMILES string of the molecule is O=C1/C(=C/c2cc(Br)cs2)CN(Cc2ccccc2)C/C1=C\c1cc(Br)cs1. The molecule has 0 radical (unpaired) electrons. The molecule has 1 aliphatic rings. The molecule has 1 aliphatic heterocycles. The molecule has 1 fully saturated rings. The summed E-state index contributed by atoms with van der Waals surface area (Å²) in [7, 11) is 0. The van der Waals surface area contributed by atoms with Gasteiger partial charge in [-0.3, -0.25) is 9.69 Å². The van der Waals surface area contributed by atoms with Crippen LogP contribution in [-0.2, 0) is 11.3 Å². The molecular formula is C22H17Br2NOS2. The highest BCUT2D eigenvalue weighted by Gasteiger charge is 2.26. The number of Topliss-reactive ketones (excluding diaryl/α,β-unsaturated/α-hetero) is 1. The van der Waals surface area contributed by atoms with Crippen molar-refractivity contribution in [2.24, 2.45) is 0 Å². The summed E-state index contributed by atoms with van der Waals surface area (Å²) in [6.45, 7) is 2.15. The summed E-state index contributed by atoms with van der Waals surface area (Å²) >= 11 is 10.3. The summed E-state index contributed by atoms with van der Waals surface area (Å²) in [5, 5.41) is 4.09. The third kappa shape index (κ3) is 4.99. The van der Waals surface area contributed by atoms with Crippen molar-refractivity contribution in [3.63, 3.8) is 0 Å². The number of halogens is 2. The smallest absolute Gasteiger partial charge is 0.187 e. The fourth-order valence-corrected chi connectivity index (χ4v) is 6.02. The third-order valence-corrected chi connectivity index (χ3v) is 7.71. The molecule has 2 aromatic heterocycles. The van der Waals surface area contributed by atoms with Crippen LogP contribution >= 0.6 is 54.5 Å². The van der Waals surface area contributed by atoms with Gasteiger partial charge in [0.25, 0.3) is 0 Å². The third-order valence-electron chi connectivity index (χ3n) is 4.43. The lowest BCUT2D eigenvalue weighted by Gasteiger charge is -2.29. The number of carbonyl (C=O) groups excluding carboxylic acids is 1. The van der Waals surface area contributed by atoms with Crippen molar-refractivity contribution in [2.45, 2.75) is 6.54 Å². The monoisotopic (exact) mass is 533 g/mol. The van der Waals surface area contributed by atoms with E-state index in [0.29, 0.717) is 13.1 Å². The Balaban J connectivity index is 1.66. The molecule has 0 aliphatic carbocycles. The Morgan fingerprint density at radius 1 is 0.893 bits per heavy atom. The lowest BCUT2D eigenvalue weighted by atomic mass is 9.96. The normalized spacial score (nSPS) is 18.3. The van der Waals surface area contributed by atoms with E-state index in [0.717, 1.165) is 36.4 Å². The van der Waals surface area contributed by atoms with Gasteiger partial charge in [0.05, 0.1) is 0 Å². The lowest BCUT2D eigenvalue weighted by Crippen LogP contribution is -2.37. The summed E-state index contributed by atoms with van der Waals surface area (Å²) in [4.78, 5) is 17.7. The van der Waals surface area contributed by atoms with Crippen LogP contribution in [0.5, 0.6) is 0 Å². The number of thiophene rings is 2. The Labute approximate surface area is 189 Å². The molecule has 0 unspecified atom stereocenters. The number of ketones is 1. The van der Waals surface area contributed by atoms with Crippen LogP contribution in [0.2, 0.25) is 0 Å². The first kappa shape index (κ1) is 20.0. The fourth-order valence-electron chi connectivity index (χ4n) is 3.21. The Bertz CT molecular complexity index is 987. The van der Waals surface area contributed by atoms with Crippen molar-refractivity contribution < 1.29 is 4.79 Å². The van der Waals surface area contributed by atoms with Crippen molar-refractivity contribution >= 4 is 72.5 Å². The summed E-state index contributed by atoms with van der Waals surface area (Å²) in [6.07, 6.45) is 4.07. The number of benzene rings is 1. The minimum absolute atomic E-state index is 0.151. The molecule has 0 atom stereocenters. The summed E-state index contributed by atoms with van der Waals surface area (Å²) in [5.41, 5.74) is 2.95. The molecule has 4 rings (SSSR count). The van der Waals surface area contributed by atoms with Crippen LogP contribution in [0.3, 0.4) is 0 Å². The van der Waals surface area contributed by atoms with Gasteiger partial charge in [-0.25, -0.2) is 0 Å². The van der Waals surface area contributed by atoms with E-state index in [4.69, 9.17) is 0 Å². The van der Waals surface area contributed by atoms with Crippen molar-refractivity contribution in [1.29, 1.82) is 0 Å². The Hall–Kier alpha value is -1.31. The Morgan fingerprint density at radius 3 is 1.89 bits per heavy atom. The van der Waals surface area contributed by atoms with E-state index >= 15 is 0 Å². The van der Waals surface area contributed by atoms with Crippen LogP contribution in [0.15, 0.2) is 73.3 Å². The molecule has 0 spiro atoms. The molecule has 0 saturated carbocycles. The highest BCUT2D eigenvalue weighted by Crippen LogP contribution is 2.28. The van der Waals surface area contributed by atoms with Gasteiger partial charge in [0, 0.05) is 60.2 Å². The average molecular weight is 535 g/mol. The molecule has 0 bridgehead atoms. The minimum Gasteiger partial charge on any atom is -0.290 e. The molecule has 0 N–H and O–H groups in total. The maximum absolute atomic E-state index is 13.2. The van der Waals surface area contributed by atoms with Crippen molar-refractivity contribution in [1.82, 2.24) is 4.90 Å². The number of rotatable bonds is 4. The first-order valence-corrected chi connectivity index (χ1v) is 12.1. The largest absolute Gasteiger partial charge is 0.290 e. The highest BCUT2D eigenvalue weighted by atomic mass is 79.9. The molecule has 1 saturated heterocycles. The molecule has 3 aromatic rings. The summed E-state index contributed by atoms with van der Waals surface area (Å²) in [6, 6.07) is 14.5. The van der Waals surface area contributed by atoms with Crippen LogP contribution in [0.4, 0.5) is 0 Å². The summed E-state index contributed by atoms with van der Waals surface area (Å²) < 4.78 is 2.10. The second-order valence-electron chi connectivity index (χ2n) is 6.63. The zero-order valence-electron chi connectivity index (χ0n) is 14.9. The Kier molecular flexibility index (Phi) is 6.43. The van der Waals surface area contributed by atoms with Crippen LogP contribution in [0.25, 0.3) is 12.2 Å². The van der Waals surface area contributed by atoms with Gasteiger partial charge in [-0.05, 0) is 61.7 Å². The minimum atomic E-state index is 0.151. The topological polar surface area (TPSA) is 20.3 Å². The first-order chi connectivity index (χ1) is 13.6. The van der Waals surface area contributed by atoms with Gasteiger partial charge in [-0.1, -0.05) is 30.3 Å². The van der Waals surface area contributed by atoms with Gasteiger partial charge >= 0.3 is 0 Å². The van der Waals surface area contributed by atoms with Crippen molar-refractivity contribution in [3.8, 4) is 0 Å². The van der Waals surface area contributed by atoms with E-state index in [-0.39, 0.29) is 5.78 Å². The molecule has 0 amide bonds. The van der Waals surface area contributed by atoms with E-state index in [2.05, 4.69) is 73.2 Å². The Morgan fingerprint density at radius 2 is 1.43 bits per heavy atom. The zero-order valence-corrected chi connectivity index (χ0v) is 19.7. The predicted octanol–water partition coefficient (Wildman–Crippen LogP) is 6.89. The van der Waals surface area contributed by atoms with E-state index < -0.39 is 0 Å². The standard InChI is InChI=1S/C22H17Br2NOS2/c23-18-8-20(27-13-18)6-16-11-25(10-15-4-2-1-3-5-15)12-17(22(16)26)7-21-9-19(24)14-28-21/h1-9,13-14H,10-12H2/b16-6+,17-7+. The molecule has 2 nitrogen and oxygen atoms in total. The van der Waals surface area contributed by atoms with E-state index in [1.165, 1.54) is 5.56 Å². The number of likely N-dealkylation sites (tertiary alicyclic amines) is 1.